The molecule has 33 heavy (non-hydrogen) atoms. The van der Waals surface area contributed by atoms with Gasteiger partial charge in [0, 0.05) is 60.7 Å². The minimum Gasteiger partial charge on any atom is -0.496 e. The van der Waals surface area contributed by atoms with Gasteiger partial charge >= 0.3 is 5.97 Å². The van der Waals surface area contributed by atoms with Crippen molar-refractivity contribution in [2.45, 2.75) is 51.7 Å². The summed E-state index contributed by atoms with van der Waals surface area (Å²) in [5, 5.41) is 0. The number of hydrogen-bond acceptors (Lipinski definition) is 7. The third-order valence-corrected chi connectivity index (χ3v) is 7.52. The number of aryl methyl sites for hydroxylation is 1. The average Bonchev–Trinajstić information content (AvgIpc) is 3.12. The number of aromatic nitrogens is 1. The fourth-order valence-electron chi connectivity index (χ4n) is 4.83. The van der Waals surface area contributed by atoms with E-state index in [9.17, 15) is 14.4 Å². The second-order valence-corrected chi connectivity index (χ2v) is 9.97. The van der Waals surface area contributed by atoms with Gasteiger partial charge in [-0.3, -0.25) is 14.5 Å². The van der Waals surface area contributed by atoms with Crippen molar-refractivity contribution < 1.29 is 19.1 Å². The first-order valence-corrected chi connectivity index (χ1v) is 12.2. The Morgan fingerprint density at radius 3 is 2.64 bits per heavy atom. The van der Waals surface area contributed by atoms with Crippen molar-refractivity contribution in [1.82, 2.24) is 14.4 Å². The molecule has 2 aromatic rings. The molecule has 178 valence electrons. The van der Waals surface area contributed by atoms with E-state index < -0.39 is 12.0 Å². The molecule has 0 radical (unpaired) electrons. The highest BCUT2D eigenvalue weighted by atomic mass is 32.1. The van der Waals surface area contributed by atoms with Gasteiger partial charge < -0.3 is 18.9 Å². The van der Waals surface area contributed by atoms with Crippen molar-refractivity contribution in [3.8, 4) is 5.75 Å². The number of fused-ring (bicyclic) bond motifs is 1. The number of methoxy groups -OCH3 is 2. The first-order chi connectivity index (χ1) is 15.9. The van der Waals surface area contributed by atoms with Crippen molar-refractivity contribution in [3.05, 3.63) is 49.6 Å². The lowest BCUT2D eigenvalue weighted by atomic mass is 9.99. The summed E-state index contributed by atoms with van der Waals surface area (Å²) >= 11 is 1.78. The number of hydrogen-bond donors (Lipinski definition) is 0. The summed E-state index contributed by atoms with van der Waals surface area (Å²) in [7, 11) is 2.82. The molecule has 0 N–H and O–H groups in total. The summed E-state index contributed by atoms with van der Waals surface area (Å²) in [6, 6.07) is 5.05. The van der Waals surface area contributed by atoms with Crippen LogP contribution in [0.25, 0.3) is 0 Å². The van der Waals surface area contributed by atoms with Gasteiger partial charge in [-0.2, -0.15) is 0 Å². The molecule has 0 saturated carbocycles. The maximum atomic E-state index is 13.8. The van der Waals surface area contributed by atoms with Crippen molar-refractivity contribution >= 4 is 23.2 Å². The first-order valence-electron chi connectivity index (χ1n) is 11.4. The lowest BCUT2D eigenvalue weighted by Crippen LogP contribution is -2.49. The molecule has 0 aromatic carbocycles. The maximum Gasteiger partial charge on any atom is 0.328 e. The van der Waals surface area contributed by atoms with Crippen LogP contribution in [0.4, 0.5) is 0 Å². The van der Waals surface area contributed by atoms with Gasteiger partial charge in [0.2, 0.25) is 0 Å². The Labute approximate surface area is 197 Å². The fraction of sp³-hybridized carbons (Fsp3) is 0.542. The van der Waals surface area contributed by atoms with Gasteiger partial charge in [-0.05, 0) is 38.3 Å². The lowest BCUT2D eigenvalue weighted by Gasteiger charge is -2.34. The molecule has 0 spiro atoms. The van der Waals surface area contributed by atoms with E-state index in [-0.39, 0.29) is 17.2 Å². The molecule has 1 atom stereocenters. The number of carbonyl (C=O) groups excluding carboxylic acids is 2. The Morgan fingerprint density at radius 1 is 1.12 bits per heavy atom. The van der Waals surface area contributed by atoms with Crippen LogP contribution < -0.4 is 10.3 Å². The molecule has 0 bridgehead atoms. The number of likely N-dealkylation sites (tertiary alicyclic amines) is 1. The van der Waals surface area contributed by atoms with Crippen LogP contribution in [0.5, 0.6) is 5.75 Å². The highest BCUT2D eigenvalue weighted by Gasteiger charge is 2.36. The van der Waals surface area contributed by atoms with E-state index in [1.807, 2.05) is 0 Å². The predicted molar refractivity (Wildman–Crippen MR) is 126 cm³/mol. The molecule has 8 nitrogen and oxygen atoms in total. The third kappa shape index (κ3) is 4.84. The third-order valence-electron chi connectivity index (χ3n) is 6.53. The van der Waals surface area contributed by atoms with Gasteiger partial charge in [-0.1, -0.05) is 0 Å². The van der Waals surface area contributed by atoms with Gasteiger partial charge in [-0.15, -0.1) is 11.3 Å². The number of rotatable bonds is 5. The Balaban J connectivity index is 1.66. The van der Waals surface area contributed by atoms with E-state index in [4.69, 9.17) is 9.47 Å². The van der Waals surface area contributed by atoms with Crippen LogP contribution in [0.15, 0.2) is 23.0 Å². The zero-order valence-corrected chi connectivity index (χ0v) is 20.3. The number of ether oxygens (including phenoxy) is 2. The monoisotopic (exact) mass is 473 g/mol. The van der Waals surface area contributed by atoms with Crippen molar-refractivity contribution in [1.29, 1.82) is 0 Å². The zero-order valence-electron chi connectivity index (χ0n) is 19.5. The van der Waals surface area contributed by atoms with Gasteiger partial charge in [0.25, 0.3) is 11.5 Å². The number of pyridine rings is 1. The summed E-state index contributed by atoms with van der Waals surface area (Å²) in [4.78, 5) is 45.5. The largest absolute Gasteiger partial charge is 0.496 e. The number of thiophene rings is 1. The number of nitrogens with zero attached hydrogens (tertiary/aromatic N) is 3. The molecular weight excluding hydrogens is 442 g/mol. The van der Waals surface area contributed by atoms with Gasteiger partial charge in [-0.25, -0.2) is 4.79 Å². The van der Waals surface area contributed by atoms with Crippen LogP contribution >= 0.6 is 11.3 Å². The van der Waals surface area contributed by atoms with E-state index in [1.54, 1.807) is 20.8 Å². The standard InChI is InChI=1S/C24H31N3O5S/c1-16-7-8-17(33-16)15-25-11-9-18-22(20(31-2)14-21(28)26(18)13-12-25)23(29)27-10-5-4-6-19(27)24(30)32-3/h7-8,14,19H,4-6,9-13,15H2,1-3H3/t19-/m0/s1. The zero-order chi connectivity index (χ0) is 23.5. The van der Waals surface area contributed by atoms with Crippen LogP contribution in [0.2, 0.25) is 0 Å². The Hall–Kier alpha value is -2.65. The predicted octanol–water partition coefficient (Wildman–Crippen LogP) is 2.45. The van der Waals surface area contributed by atoms with E-state index in [0.29, 0.717) is 37.2 Å². The second kappa shape index (κ2) is 10.1. The molecule has 1 saturated heterocycles. The summed E-state index contributed by atoms with van der Waals surface area (Å²) in [6.07, 6.45) is 2.81. The van der Waals surface area contributed by atoms with Crippen LogP contribution in [-0.4, -0.2) is 66.1 Å². The molecule has 4 rings (SSSR count). The molecule has 1 amide bonds. The van der Waals surface area contributed by atoms with Crippen molar-refractivity contribution in [2.24, 2.45) is 0 Å². The molecule has 0 aliphatic carbocycles. The number of piperidine rings is 1. The van der Waals surface area contributed by atoms with E-state index in [0.717, 1.165) is 32.5 Å². The maximum absolute atomic E-state index is 13.8. The quantitative estimate of drug-likeness (QED) is 0.621. The molecular formula is C24H31N3O5S. The summed E-state index contributed by atoms with van der Waals surface area (Å²) in [6.45, 7) is 5.34. The summed E-state index contributed by atoms with van der Waals surface area (Å²) in [5.74, 6) is -0.403. The minimum atomic E-state index is -0.613. The van der Waals surface area contributed by atoms with Crippen LogP contribution in [0.1, 0.15) is 45.1 Å². The van der Waals surface area contributed by atoms with E-state index in [1.165, 1.54) is 30.0 Å². The van der Waals surface area contributed by atoms with Gasteiger partial charge in [0.05, 0.1) is 14.2 Å². The van der Waals surface area contributed by atoms with Crippen molar-refractivity contribution in [2.75, 3.05) is 33.9 Å². The highest BCUT2D eigenvalue weighted by Crippen LogP contribution is 2.28. The SMILES string of the molecule is COC(=O)[C@@H]1CCCCN1C(=O)c1c(OC)cc(=O)n2c1CCN(Cc1ccc(C)s1)CC2. The number of amides is 1. The molecule has 9 heteroatoms. The van der Waals surface area contributed by atoms with E-state index >= 15 is 0 Å². The highest BCUT2D eigenvalue weighted by molar-refractivity contribution is 7.11. The summed E-state index contributed by atoms with van der Waals surface area (Å²) in [5.41, 5.74) is 0.903. The van der Waals surface area contributed by atoms with Gasteiger partial charge in [0.15, 0.2) is 0 Å². The number of carbonyl (C=O) groups is 2. The first kappa shape index (κ1) is 23.5. The Morgan fingerprint density at radius 2 is 1.94 bits per heavy atom. The smallest absolute Gasteiger partial charge is 0.328 e. The molecule has 2 aliphatic rings. The molecule has 2 aliphatic heterocycles. The van der Waals surface area contributed by atoms with Crippen LogP contribution in [-0.2, 0) is 29.0 Å². The van der Waals surface area contributed by atoms with Crippen LogP contribution in [0.3, 0.4) is 0 Å². The lowest BCUT2D eigenvalue weighted by molar-refractivity contribution is -0.147. The second-order valence-electron chi connectivity index (χ2n) is 8.60. The van der Waals surface area contributed by atoms with Crippen molar-refractivity contribution in [3.63, 3.8) is 0 Å². The molecule has 2 aromatic heterocycles. The number of esters is 1. The molecule has 0 unspecified atom stereocenters. The average molecular weight is 474 g/mol. The van der Waals surface area contributed by atoms with E-state index in [2.05, 4.69) is 24.0 Å². The van der Waals surface area contributed by atoms with Crippen LogP contribution in [0, 0.1) is 6.92 Å². The Kier molecular flexibility index (Phi) is 7.19. The molecule has 1 fully saturated rings. The topological polar surface area (TPSA) is 81.1 Å². The normalized spacial score (nSPS) is 19.0. The summed E-state index contributed by atoms with van der Waals surface area (Å²) < 4.78 is 12.2. The van der Waals surface area contributed by atoms with Gasteiger partial charge in [0.1, 0.15) is 17.4 Å². The molecule has 4 heterocycles. The minimum absolute atomic E-state index is 0.171. The Bertz CT molecular complexity index is 1090. The fourth-order valence-corrected chi connectivity index (χ4v) is 5.77.